The van der Waals surface area contributed by atoms with Crippen molar-refractivity contribution in [1.82, 2.24) is 5.32 Å². The Kier molecular flexibility index (Phi) is 14.0. The summed E-state index contributed by atoms with van der Waals surface area (Å²) in [5, 5.41) is 10.3. The van der Waals surface area contributed by atoms with Crippen LogP contribution in [0.15, 0.2) is 97.1 Å². The van der Waals surface area contributed by atoms with E-state index in [1.54, 1.807) is 47.3 Å². The molecule has 60 heavy (non-hydrogen) atoms. The number of para-hydroxylation sites is 2. The lowest BCUT2D eigenvalue weighted by atomic mass is 9.95. The van der Waals surface area contributed by atoms with Crippen molar-refractivity contribution >= 4 is 52.5 Å². The third-order valence-electron chi connectivity index (χ3n) is 10.5. The van der Waals surface area contributed by atoms with Crippen LogP contribution in [-0.4, -0.2) is 72.2 Å². The number of ether oxygens (including phenoxy) is 1. The van der Waals surface area contributed by atoms with Crippen LogP contribution in [0, 0.1) is 0 Å². The van der Waals surface area contributed by atoms with Crippen LogP contribution in [0.25, 0.3) is 0 Å². The van der Waals surface area contributed by atoms with Crippen molar-refractivity contribution in [2.45, 2.75) is 97.0 Å². The quantitative estimate of drug-likeness (QED) is 0.204. The molecule has 0 bridgehead atoms. The van der Waals surface area contributed by atoms with Crippen LogP contribution in [0.4, 0.5) is 27.5 Å². The molecule has 4 aromatic carbocycles. The normalized spacial score (nSPS) is 18.6. The zero-order chi connectivity index (χ0) is 43.0. The van der Waals surface area contributed by atoms with Crippen LogP contribution >= 0.6 is 0 Å². The first kappa shape index (κ1) is 43.5. The Morgan fingerprint density at radius 3 is 1.58 bits per heavy atom. The number of nitrogens with zero attached hydrogens (tertiary/aromatic N) is 4. The Morgan fingerprint density at radius 2 is 1.15 bits per heavy atom. The lowest BCUT2D eigenvalue weighted by Gasteiger charge is -2.37. The molecule has 0 saturated carbocycles. The first-order chi connectivity index (χ1) is 28.8. The Morgan fingerprint density at radius 1 is 0.700 bits per heavy atom. The number of hydrogen-bond acceptors (Lipinski definition) is 8. The smallest absolute Gasteiger partial charge is 0.408 e. The van der Waals surface area contributed by atoms with E-state index in [0.29, 0.717) is 51.9 Å². The number of nitrogens with two attached hydrogens (primary N) is 1. The molecule has 2 fully saturated rings. The third-order valence-corrected chi connectivity index (χ3v) is 10.5. The fourth-order valence-corrected chi connectivity index (χ4v) is 8.00. The molecule has 2 saturated heterocycles. The maximum Gasteiger partial charge on any atom is 0.408 e. The van der Waals surface area contributed by atoms with E-state index in [9.17, 15) is 24.0 Å². The van der Waals surface area contributed by atoms with Gasteiger partial charge in [0.1, 0.15) is 11.6 Å². The highest BCUT2D eigenvalue weighted by atomic mass is 16.6. The van der Waals surface area contributed by atoms with Crippen molar-refractivity contribution in [2.75, 3.05) is 39.3 Å². The number of carbonyl (C=O) groups excluding carboxylic acids is 5. The molecule has 0 radical (unpaired) electrons. The predicted molar refractivity (Wildman–Crippen MR) is 233 cm³/mol. The number of carbonyl (C=O) groups is 5. The molecule has 4 aliphatic rings. The number of benzene rings is 4. The van der Waals surface area contributed by atoms with E-state index in [4.69, 9.17) is 15.6 Å². The number of alkyl carbamates (subject to hydrolysis) is 1. The average molecular weight is 817 g/mol. The number of hydrogen-bond donors (Lipinski definition) is 3. The first-order valence-electron chi connectivity index (χ1n) is 20.7. The van der Waals surface area contributed by atoms with Crippen LogP contribution in [0.3, 0.4) is 0 Å². The molecule has 0 spiro atoms. The molecular formula is C47H56N6O7. The van der Waals surface area contributed by atoms with Crippen molar-refractivity contribution < 1.29 is 33.8 Å². The summed E-state index contributed by atoms with van der Waals surface area (Å²) >= 11 is 0. The van der Waals surface area contributed by atoms with E-state index in [1.165, 1.54) is 0 Å². The molecule has 316 valence electrons. The average Bonchev–Trinajstić information content (AvgIpc) is 3.85. The van der Waals surface area contributed by atoms with Gasteiger partial charge in [0.05, 0.1) is 41.9 Å². The van der Waals surface area contributed by atoms with Gasteiger partial charge in [-0.15, -0.1) is 0 Å². The van der Waals surface area contributed by atoms with Crippen LogP contribution in [0.5, 0.6) is 0 Å². The summed E-state index contributed by atoms with van der Waals surface area (Å²) in [6, 6.07) is 29.9. The highest BCUT2D eigenvalue weighted by molar-refractivity contribution is 6.08. The molecule has 4 aromatic rings. The molecule has 4 heterocycles. The van der Waals surface area contributed by atoms with Crippen LogP contribution in [0.2, 0.25) is 0 Å². The van der Waals surface area contributed by atoms with Gasteiger partial charge in [0, 0.05) is 39.0 Å². The maximum absolute atomic E-state index is 13.6. The molecule has 2 atom stereocenters. The second kappa shape index (κ2) is 19.3. The summed E-state index contributed by atoms with van der Waals surface area (Å²) in [7, 11) is 0. The first-order valence-corrected chi connectivity index (χ1v) is 20.7. The minimum Gasteiger partial charge on any atom is -0.444 e. The van der Waals surface area contributed by atoms with Crippen LogP contribution in [-0.2, 0) is 49.8 Å². The highest BCUT2D eigenvalue weighted by Crippen LogP contribution is 2.41. The van der Waals surface area contributed by atoms with E-state index < -0.39 is 23.8 Å². The lowest BCUT2D eigenvalue weighted by Crippen LogP contribution is -2.53. The molecule has 4 N–H and O–H groups in total. The third kappa shape index (κ3) is 10.2. The van der Waals surface area contributed by atoms with Gasteiger partial charge in [-0.2, -0.15) is 0 Å². The van der Waals surface area contributed by atoms with Gasteiger partial charge in [-0.3, -0.25) is 19.2 Å². The van der Waals surface area contributed by atoms with Crippen molar-refractivity contribution in [3.8, 4) is 0 Å². The number of anilines is 4. The van der Waals surface area contributed by atoms with Gasteiger partial charge in [0.2, 0.25) is 23.6 Å². The summed E-state index contributed by atoms with van der Waals surface area (Å²) < 4.78 is 5.38. The zero-order valence-electron chi connectivity index (χ0n) is 34.9. The van der Waals surface area contributed by atoms with E-state index in [2.05, 4.69) is 5.32 Å². The summed E-state index contributed by atoms with van der Waals surface area (Å²) in [5.74, 6) is -0.114. The highest BCUT2D eigenvalue weighted by Gasteiger charge is 2.39. The van der Waals surface area contributed by atoms with Gasteiger partial charge in [0.15, 0.2) is 0 Å². The second-order valence-corrected chi connectivity index (χ2v) is 16.2. The van der Waals surface area contributed by atoms with Crippen molar-refractivity contribution in [3.63, 3.8) is 0 Å². The molecule has 5 amide bonds. The van der Waals surface area contributed by atoms with Gasteiger partial charge in [-0.05, 0) is 81.3 Å². The second-order valence-electron chi connectivity index (χ2n) is 16.2. The number of fused-ring (bicyclic) bond motifs is 2. The molecule has 0 aliphatic carbocycles. The Labute approximate surface area is 352 Å². The number of aliphatic hydroxyl groups is 1. The molecular weight excluding hydrogens is 761 g/mol. The fraction of sp³-hybridized carbons (Fsp3) is 0.383. The van der Waals surface area contributed by atoms with E-state index in [0.717, 1.165) is 57.8 Å². The Hall–Kier alpha value is -6.05. The summed E-state index contributed by atoms with van der Waals surface area (Å²) in [6.45, 7) is 9.43. The maximum atomic E-state index is 13.6. The van der Waals surface area contributed by atoms with Gasteiger partial charge < -0.3 is 40.5 Å². The van der Waals surface area contributed by atoms with Crippen LogP contribution < -0.4 is 30.7 Å². The minimum absolute atomic E-state index is 0.0690. The number of rotatable bonds is 7. The van der Waals surface area contributed by atoms with E-state index in [-0.39, 0.29) is 30.2 Å². The molecule has 13 heteroatoms. The molecule has 4 aliphatic heterocycles. The monoisotopic (exact) mass is 816 g/mol. The van der Waals surface area contributed by atoms with E-state index >= 15 is 0 Å². The SMILES string of the molecule is CC(C)(C)OC(=O)NC1Cc2cccc(N3CCCC3=O)c2N(Cc2ccccc2)C1=O.CCO.NC1Cc2cccc(N3CCCC3=O)c2N(Cc2ccccc2)C1=O. The number of aliphatic hydroxyl groups excluding tert-OH is 1. The van der Waals surface area contributed by atoms with E-state index in [1.807, 2.05) is 97.1 Å². The van der Waals surface area contributed by atoms with Crippen molar-refractivity contribution in [3.05, 3.63) is 119 Å². The van der Waals surface area contributed by atoms with Crippen LogP contribution in [0.1, 0.15) is 75.6 Å². The number of nitrogens with one attached hydrogen (secondary N) is 1. The number of amides is 5. The Balaban J connectivity index is 0.000000194. The topological polar surface area (TPSA) is 166 Å². The summed E-state index contributed by atoms with van der Waals surface area (Å²) in [6.07, 6.45) is 2.97. The molecule has 0 aromatic heterocycles. The van der Waals surface area contributed by atoms with Gasteiger partial charge >= 0.3 is 6.09 Å². The molecule has 13 nitrogen and oxygen atoms in total. The summed E-state index contributed by atoms with van der Waals surface area (Å²) in [4.78, 5) is 70.6. The van der Waals surface area contributed by atoms with Gasteiger partial charge in [-0.1, -0.05) is 84.9 Å². The standard InChI is InChI=1S/C25H29N3O4.C20H21N3O2.C2H6O/c1-25(2,3)32-24(31)26-19-15-18-11-7-12-20(27-14-8-13-21(27)29)22(18)28(23(19)30)16-17-9-5-4-6-10-17;21-16-12-15-8-4-9-17(22-11-5-10-18(22)24)19(15)23(20(16)25)13-14-6-2-1-3-7-14;1-2-3/h4-7,9-12,19H,8,13-16H2,1-3H3,(H,26,31);1-4,6-9,16H,5,10-13,21H2;3H,2H2,1H3. The largest absolute Gasteiger partial charge is 0.444 e. The van der Waals surface area contributed by atoms with Crippen molar-refractivity contribution in [1.29, 1.82) is 0 Å². The Bertz CT molecular complexity index is 2170. The fourth-order valence-electron chi connectivity index (χ4n) is 8.00. The molecule has 8 rings (SSSR count). The zero-order valence-corrected chi connectivity index (χ0v) is 34.9. The van der Waals surface area contributed by atoms with Crippen molar-refractivity contribution in [2.24, 2.45) is 5.73 Å². The van der Waals surface area contributed by atoms with Gasteiger partial charge in [0.25, 0.3) is 0 Å². The minimum atomic E-state index is -0.745. The lowest BCUT2D eigenvalue weighted by molar-refractivity contribution is -0.121. The summed E-state index contributed by atoms with van der Waals surface area (Å²) in [5.41, 5.74) is 12.6. The molecule has 2 unspecified atom stereocenters. The van der Waals surface area contributed by atoms with Gasteiger partial charge in [-0.25, -0.2) is 4.79 Å². The predicted octanol–water partition coefficient (Wildman–Crippen LogP) is 6.02.